The molecule has 0 fully saturated rings. The molecule has 0 aromatic heterocycles. The van der Waals surface area contributed by atoms with E-state index in [1.165, 1.54) is 5.56 Å². The summed E-state index contributed by atoms with van der Waals surface area (Å²) >= 11 is 0. The molecule has 1 aliphatic heterocycles. The van der Waals surface area contributed by atoms with Crippen molar-refractivity contribution in [2.75, 3.05) is 13.2 Å². The largest absolute Gasteiger partial charge is 0.494 e. The van der Waals surface area contributed by atoms with E-state index in [2.05, 4.69) is 6.07 Å². The minimum Gasteiger partial charge on any atom is -0.494 e. The van der Waals surface area contributed by atoms with E-state index in [-0.39, 0.29) is 6.61 Å². The zero-order valence-electron chi connectivity index (χ0n) is 8.03. The second kappa shape index (κ2) is 4.48. The van der Waals surface area contributed by atoms with Crippen molar-refractivity contribution in [3.8, 4) is 5.75 Å². The van der Waals surface area contributed by atoms with Gasteiger partial charge in [-0.2, -0.15) is 0 Å². The van der Waals surface area contributed by atoms with E-state index >= 15 is 0 Å². The molecule has 4 heteroatoms. The van der Waals surface area contributed by atoms with Crippen LogP contribution in [0.4, 0.5) is 0 Å². The average molecular weight is 192 g/mol. The third-order valence-corrected chi connectivity index (χ3v) is 2.29. The summed E-state index contributed by atoms with van der Waals surface area (Å²) in [6, 6.07) is 5.98. The van der Waals surface area contributed by atoms with Gasteiger partial charge >= 0.3 is 7.48 Å². The van der Waals surface area contributed by atoms with Crippen molar-refractivity contribution in [2.45, 2.75) is 13.0 Å². The molecule has 1 heterocycles. The van der Waals surface area contributed by atoms with Gasteiger partial charge in [-0.3, -0.25) is 0 Å². The molecule has 0 amide bonds. The molecular weight excluding hydrogens is 179 g/mol. The maximum absolute atomic E-state index is 8.63. The summed E-state index contributed by atoms with van der Waals surface area (Å²) in [6.45, 7) is 1.42. The Labute approximate surface area is 83.9 Å². The highest BCUT2D eigenvalue weighted by Gasteiger charge is 2.17. The maximum Gasteiger partial charge on any atom is 0.313 e. The van der Waals surface area contributed by atoms with Crippen LogP contribution >= 0.6 is 0 Å². The number of hydrogen-bond acceptors (Lipinski definition) is 3. The molecule has 0 radical (unpaired) electrons. The van der Waals surface area contributed by atoms with E-state index in [4.69, 9.17) is 14.5 Å². The maximum atomic E-state index is 8.63. The molecule has 0 saturated carbocycles. The number of aliphatic hydroxyl groups is 1. The molecule has 2 rings (SSSR count). The first-order valence-corrected chi connectivity index (χ1v) is 4.84. The van der Waals surface area contributed by atoms with Crippen molar-refractivity contribution in [1.82, 2.24) is 0 Å². The van der Waals surface area contributed by atoms with Gasteiger partial charge in [-0.15, -0.1) is 0 Å². The Hall–Kier alpha value is -0.995. The molecule has 0 saturated heterocycles. The van der Waals surface area contributed by atoms with Crippen molar-refractivity contribution in [2.24, 2.45) is 0 Å². The lowest BCUT2D eigenvalue weighted by Crippen LogP contribution is -2.16. The molecule has 1 aliphatic rings. The topological polar surface area (TPSA) is 38.7 Å². The van der Waals surface area contributed by atoms with Gasteiger partial charge in [0, 0.05) is 13.0 Å². The van der Waals surface area contributed by atoms with Crippen molar-refractivity contribution in [3.05, 3.63) is 23.8 Å². The second-order valence-electron chi connectivity index (χ2n) is 3.31. The lowest BCUT2D eigenvalue weighted by molar-refractivity contribution is 0.234. The lowest BCUT2D eigenvalue weighted by atomic mass is 9.86. The monoisotopic (exact) mass is 192 g/mol. The molecule has 0 atom stereocenters. The minimum absolute atomic E-state index is 0.172. The molecule has 0 bridgehead atoms. The normalized spacial score (nSPS) is 13.5. The Morgan fingerprint density at radius 3 is 3.29 bits per heavy atom. The highest BCUT2D eigenvalue weighted by molar-refractivity contribution is 6.50. The Kier molecular flexibility index (Phi) is 3.06. The summed E-state index contributed by atoms with van der Waals surface area (Å²) in [5, 5.41) is 8.63. The van der Waals surface area contributed by atoms with E-state index < -0.39 is 0 Å². The summed E-state index contributed by atoms with van der Waals surface area (Å²) in [5.74, 6) is 0.897. The number of aliphatic hydroxyl groups excluding tert-OH is 1. The zero-order valence-corrected chi connectivity index (χ0v) is 8.03. The minimum atomic E-state index is 0.172. The average Bonchev–Trinajstić information content (AvgIpc) is 2.67. The fourth-order valence-electron chi connectivity index (χ4n) is 1.56. The van der Waals surface area contributed by atoms with Gasteiger partial charge in [-0.1, -0.05) is 12.1 Å². The third-order valence-electron chi connectivity index (χ3n) is 2.29. The van der Waals surface area contributed by atoms with Crippen molar-refractivity contribution in [3.63, 3.8) is 0 Å². The fourth-order valence-corrected chi connectivity index (χ4v) is 1.56. The number of fused-ring (bicyclic) bond motifs is 1. The molecule has 1 N–H and O–H groups in total. The van der Waals surface area contributed by atoms with Crippen molar-refractivity contribution >= 4 is 12.9 Å². The standard InChI is InChI=1S/C10H13BO3/c12-5-2-6-13-9-4-1-3-8-7-14-11-10(8)9/h1,3-4,11-12H,2,5-7H2. The molecule has 0 unspecified atom stereocenters. The highest BCUT2D eigenvalue weighted by atomic mass is 16.5. The Morgan fingerprint density at radius 2 is 2.43 bits per heavy atom. The van der Waals surface area contributed by atoms with Crippen LogP contribution in [-0.4, -0.2) is 25.8 Å². The molecule has 1 aromatic carbocycles. The fraction of sp³-hybridized carbons (Fsp3) is 0.400. The molecule has 14 heavy (non-hydrogen) atoms. The molecule has 74 valence electrons. The SMILES string of the molecule is OCCCOc1cccc2c1BOC2. The van der Waals surface area contributed by atoms with Crippen molar-refractivity contribution < 1.29 is 14.5 Å². The summed E-state index contributed by atoms with van der Waals surface area (Å²) < 4.78 is 10.9. The first-order chi connectivity index (χ1) is 6.92. The number of rotatable bonds is 4. The van der Waals surface area contributed by atoms with Crippen LogP contribution in [0.25, 0.3) is 0 Å². The first-order valence-electron chi connectivity index (χ1n) is 4.84. The quantitative estimate of drug-likeness (QED) is 0.537. The van der Waals surface area contributed by atoms with Crippen LogP contribution < -0.4 is 10.2 Å². The summed E-state index contributed by atoms with van der Waals surface area (Å²) in [7, 11) is 0.643. The molecule has 0 aliphatic carbocycles. The van der Waals surface area contributed by atoms with Gasteiger partial charge < -0.3 is 14.5 Å². The first kappa shape index (κ1) is 9.56. The second-order valence-corrected chi connectivity index (χ2v) is 3.31. The smallest absolute Gasteiger partial charge is 0.313 e. The van der Waals surface area contributed by atoms with Gasteiger partial charge in [0.1, 0.15) is 5.75 Å². The van der Waals surface area contributed by atoms with E-state index in [9.17, 15) is 0 Å². The molecule has 1 aromatic rings. The van der Waals surface area contributed by atoms with Gasteiger partial charge in [0.05, 0.1) is 13.2 Å². The Morgan fingerprint density at radius 1 is 1.50 bits per heavy atom. The Balaban J connectivity index is 2.06. The lowest BCUT2D eigenvalue weighted by Gasteiger charge is -2.08. The van der Waals surface area contributed by atoms with Crippen LogP contribution in [0.5, 0.6) is 5.75 Å². The molecule has 3 nitrogen and oxygen atoms in total. The molecule has 0 spiro atoms. The Bertz CT molecular complexity index is 314. The summed E-state index contributed by atoms with van der Waals surface area (Å²) in [6.07, 6.45) is 0.671. The zero-order chi connectivity index (χ0) is 9.80. The van der Waals surface area contributed by atoms with E-state index in [1.807, 2.05) is 12.1 Å². The van der Waals surface area contributed by atoms with Crippen LogP contribution in [0, 0.1) is 0 Å². The predicted octanol–water partition coefficient (Wildman–Crippen LogP) is -0.0452. The highest BCUT2D eigenvalue weighted by Crippen LogP contribution is 2.15. The van der Waals surface area contributed by atoms with Crippen molar-refractivity contribution in [1.29, 1.82) is 0 Å². The number of hydrogen-bond donors (Lipinski definition) is 1. The van der Waals surface area contributed by atoms with E-state index in [1.54, 1.807) is 0 Å². The van der Waals surface area contributed by atoms with E-state index in [0.29, 0.717) is 27.1 Å². The van der Waals surface area contributed by atoms with Crippen LogP contribution in [0.3, 0.4) is 0 Å². The van der Waals surface area contributed by atoms with Crippen LogP contribution in [-0.2, 0) is 11.3 Å². The predicted molar refractivity (Wildman–Crippen MR) is 55.2 cm³/mol. The van der Waals surface area contributed by atoms with Crippen LogP contribution in [0.1, 0.15) is 12.0 Å². The van der Waals surface area contributed by atoms with Gasteiger partial charge in [0.15, 0.2) is 0 Å². The summed E-state index contributed by atoms with van der Waals surface area (Å²) in [5.41, 5.74) is 2.37. The van der Waals surface area contributed by atoms with Gasteiger partial charge in [-0.25, -0.2) is 0 Å². The van der Waals surface area contributed by atoms with Gasteiger partial charge in [0.25, 0.3) is 0 Å². The molecular formula is C10H13BO3. The third kappa shape index (κ3) is 1.91. The van der Waals surface area contributed by atoms with E-state index in [0.717, 1.165) is 11.2 Å². The number of ether oxygens (including phenoxy) is 1. The van der Waals surface area contributed by atoms with Crippen LogP contribution in [0.2, 0.25) is 0 Å². The van der Waals surface area contributed by atoms with Crippen LogP contribution in [0.15, 0.2) is 18.2 Å². The number of benzene rings is 1. The van der Waals surface area contributed by atoms with Gasteiger partial charge in [0.2, 0.25) is 0 Å². The summed E-state index contributed by atoms with van der Waals surface area (Å²) in [4.78, 5) is 0. The van der Waals surface area contributed by atoms with Gasteiger partial charge in [-0.05, 0) is 17.1 Å².